The Balaban J connectivity index is 1.82. The Morgan fingerprint density at radius 3 is 2.09 bits per heavy atom. The average molecular weight is 600 g/mol. The molecular formula is C30H41N5O8. The van der Waals surface area contributed by atoms with E-state index in [0.29, 0.717) is 37.2 Å². The fourth-order valence-electron chi connectivity index (χ4n) is 3.50. The highest BCUT2D eigenvalue weighted by molar-refractivity contribution is 5.97. The van der Waals surface area contributed by atoms with Gasteiger partial charge < -0.3 is 34.8 Å². The van der Waals surface area contributed by atoms with Crippen molar-refractivity contribution in [2.24, 2.45) is 10.2 Å². The molecular weight excluding hydrogens is 558 g/mol. The Morgan fingerprint density at radius 2 is 1.47 bits per heavy atom. The molecule has 43 heavy (non-hydrogen) atoms. The average Bonchev–Trinajstić information content (AvgIpc) is 2.95. The Labute approximate surface area is 251 Å². The molecule has 13 heteroatoms. The number of benzene rings is 2. The van der Waals surface area contributed by atoms with Crippen molar-refractivity contribution in [1.29, 1.82) is 0 Å². The number of carbonyl (C=O) groups is 4. The number of aromatic hydroxyl groups is 1. The third-order valence-electron chi connectivity index (χ3n) is 5.94. The molecule has 0 saturated heterocycles. The summed E-state index contributed by atoms with van der Waals surface area (Å²) < 4.78 is 10.6. The molecule has 3 N–H and O–H groups in total. The first-order valence-corrected chi connectivity index (χ1v) is 13.9. The van der Waals surface area contributed by atoms with Crippen LogP contribution in [0.4, 0.5) is 21.0 Å². The molecule has 0 bridgehead atoms. The number of amides is 3. The summed E-state index contributed by atoms with van der Waals surface area (Å²) in [5.74, 6) is -1.51. The van der Waals surface area contributed by atoms with Crippen LogP contribution >= 0.6 is 0 Å². The van der Waals surface area contributed by atoms with Crippen molar-refractivity contribution in [3.63, 3.8) is 0 Å². The van der Waals surface area contributed by atoms with Crippen LogP contribution in [0.25, 0.3) is 0 Å². The summed E-state index contributed by atoms with van der Waals surface area (Å²) in [6, 6.07) is 11.2. The van der Waals surface area contributed by atoms with Gasteiger partial charge in [-0.3, -0.25) is 9.59 Å². The van der Waals surface area contributed by atoms with Crippen LogP contribution in [-0.2, 0) is 20.9 Å². The minimum absolute atomic E-state index is 0.0402. The van der Waals surface area contributed by atoms with Crippen molar-refractivity contribution in [3.05, 3.63) is 53.6 Å². The first-order chi connectivity index (χ1) is 20.2. The summed E-state index contributed by atoms with van der Waals surface area (Å²) >= 11 is 0. The maximum atomic E-state index is 12.5. The number of likely N-dealkylation sites (N-methyl/N-ethyl adjacent to an activating group) is 2. The van der Waals surface area contributed by atoms with Crippen LogP contribution in [0.3, 0.4) is 0 Å². The van der Waals surface area contributed by atoms with Gasteiger partial charge in [0.15, 0.2) is 0 Å². The van der Waals surface area contributed by atoms with Crippen molar-refractivity contribution >= 4 is 35.4 Å². The van der Waals surface area contributed by atoms with E-state index in [2.05, 4.69) is 15.5 Å². The smallest absolute Gasteiger partial charge is 0.410 e. The molecule has 0 atom stereocenters. The number of aliphatic carboxylic acids is 1. The Hall–Kier alpha value is -4.68. The second-order valence-electron chi connectivity index (χ2n) is 10.9. The number of hydrogen-bond donors (Lipinski definition) is 3. The molecule has 0 spiro atoms. The van der Waals surface area contributed by atoms with E-state index in [4.69, 9.17) is 14.6 Å². The summed E-state index contributed by atoms with van der Waals surface area (Å²) in [7, 11) is 3.18. The summed E-state index contributed by atoms with van der Waals surface area (Å²) in [6.07, 6.45) is 0.909. The maximum Gasteiger partial charge on any atom is 0.410 e. The predicted molar refractivity (Wildman–Crippen MR) is 159 cm³/mol. The van der Waals surface area contributed by atoms with E-state index in [1.165, 1.54) is 28.0 Å². The Morgan fingerprint density at radius 1 is 0.860 bits per heavy atom. The van der Waals surface area contributed by atoms with Crippen LogP contribution in [0.1, 0.15) is 62.4 Å². The van der Waals surface area contributed by atoms with Gasteiger partial charge in [0.2, 0.25) is 0 Å². The van der Waals surface area contributed by atoms with Crippen LogP contribution in [0.2, 0.25) is 0 Å². The van der Waals surface area contributed by atoms with Crippen molar-refractivity contribution in [1.82, 2.24) is 15.1 Å². The molecule has 0 aliphatic carbocycles. The van der Waals surface area contributed by atoms with Gasteiger partial charge in [0.05, 0.1) is 16.9 Å². The highest BCUT2D eigenvalue weighted by Crippen LogP contribution is 2.25. The zero-order valence-corrected chi connectivity index (χ0v) is 25.3. The number of ether oxygens (including phenoxy) is 2. The van der Waals surface area contributed by atoms with E-state index in [9.17, 15) is 24.3 Å². The molecule has 13 nitrogen and oxygen atoms in total. The highest BCUT2D eigenvalue weighted by atomic mass is 16.6. The molecule has 0 heterocycles. The summed E-state index contributed by atoms with van der Waals surface area (Å²) in [5, 5.41) is 29.8. The number of carboxylic acids is 1. The van der Waals surface area contributed by atoms with Crippen LogP contribution in [-0.4, -0.2) is 83.4 Å². The third kappa shape index (κ3) is 13.2. The van der Waals surface area contributed by atoms with Crippen molar-refractivity contribution in [3.8, 4) is 5.75 Å². The molecule has 0 radical (unpaired) electrons. The van der Waals surface area contributed by atoms with E-state index >= 15 is 0 Å². The fraction of sp³-hybridized carbons (Fsp3) is 0.467. The van der Waals surface area contributed by atoms with Gasteiger partial charge in [-0.1, -0.05) is 18.6 Å². The lowest BCUT2D eigenvalue weighted by Gasteiger charge is -2.26. The number of carboxylic acid groups (broad SMARTS) is 1. The van der Waals surface area contributed by atoms with Crippen LogP contribution in [0.15, 0.2) is 52.7 Å². The molecule has 0 aliphatic rings. The number of unbranched alkanes of at least 4 members (excludes halogenated alkanes) is 2. The molecule has 2 rings (SSSR count). The summed E-state index contributed by atoms with van der Waals surface area (Å²) in [5.41, 5.74) is 1.08. The normalized spacial score (nSPS) is 11.2. The van der Waals surface area contributed by atoms with Crippen molar-refractivity contribution in [2.45, 2.75) is 58.7 Å². The quantitative estimate of drug-likeness (QED) is 0.186. The minimum atomic E-state index is -0.848. The first kappa shape index (κ1) is 34.5. The van der Waals surface area contributed by atoms with Crippen LogP contribution in [0.5, 0.6) is 5.75 Å². The number of azo groups is 1. The number of phenolic OH excluding ortho intramolecular Hbond substituents is 1. The monoisotopic (exact) mass is 599 g/mol. The summed E-state index contributed by atoms with van der Waals surface area (Å²) in [6.45, 7) is 6.29. The van der Waals surface area contributed by atoms with Gasteiger partial charge in [-0.25, -0.2) is 9.59 Å². The van der Waals surface area contributed by atoms with Crippen molar-refractivity contribution in [2.75, 3.05) is 33.7 Å². The van der Waals surface area contributed by atoms with Gasteiger partial charge >= 0.3 is 18.2 Å². The highest BCUT2D eigenvalue weighted by Gasteiger charge is 2.20. The van der Waals surface area contributed by atoms with E-state index in [0.717, 1.165) is 5.56 Å². The van der Waals surface area contributed by atoms with E-state index in [1.807, 2.05) is 0 Å². The number of phenols is 1. The minimum Gasteiger partial charge on any atom is -0.507 e. The predicted octanol–water partition coefficient (Wildman–Crippen LogP) is 5.62. The fourth-order valence-corrected chi connectivity index (χ4v) is 3.50. The maximum absolute atomic E-state index is 12.5. The van der Waals surface area contributed by atoms with Gasteiger partial charge in [0.1, 0.15) is 18.0 Å². The molecule has 2 aromatic rings. The number of nitrogens with one attached hydrogen (secondary N) is 1. The van der Waals surface area contributed by atoms with Gasteiger partial charge in [-0.15, -0.1) is 0 Å². The number of carbonyl (C=O) groups excluding carboxylic acids is 3. The molecule has 2 aromatic carbocycles. The lowest BCUT2D eigenvalue weighted by Crippen LogP contribution is -2.40. The molecule has 0 aliphatic heterocycles. The van der Waals surface area contributed by atoms with Crippen LogP contribution < -0.4 is 5.32 Å². The SMILES string of the molecule is CN(CCN(C)C(=O)OC(C)(C)C)C(=O)OCc1ccc(/N=N/c2ccc(O)c(C(=O)NCCCCCC(=O)O)c2)cc1. The summed E-state index contributed by atoms with van der Waals surface area (Å²) in [4.78, 5) is 50.2. The molecule has 0 unspecified atom stereocenters. The van der Waals surface area contributed by atoms with E-state index in [1.54, 1.807) is 59.1 Å². The largest absolute Gasteiger partial charge is 0.507 e. The molecule has 0 fully saturated rings. The zero-order valence-electron chi connectivity index (χ0n) is 25.3. The van der Waals surface area contributed by atoms with Gasteiger partial charge in [0, 0.05) is 40.2 Å². The second kappa shape index (κ2) is 16.7. The van der Waals surface area contributed by atoms with Gasteiger partial charge in [-0.2, -0.15) is 10.2 Å². The van der Waals surface area contributed by atoms with E-state index in [-0.39, 0.29) is 37.4 Å². The lowest BCUT2D eigenvalue weighted by atomic mass is 10.1. The Bertz CT molecular complexity index is 1270. The van der Waals surface area contributed by atoms with E-state index < -0.39 is 29.7 Å². The lowest BCUT2D eigenvalue weighted by molar-refractivity contribution is -0.137. The van der Waals surface area contributed by atoms with Crippen molar-refractivity contribution < 1.29 is 38.9 Å². The third-order valence-corrected chi connectivity index (χ3v) is 5.94. The zero-order chi connectivity index (χ0) is 32.0. The Kier molecular flexibility index (Phi) is 13.4. The number of nitrogens with zero attached hydrogens (tertiary/aromatic N) is 4. The standard InChI is InChI=1S/C30H41N5O8/c1-30(2,3)43-29(41)35(5)18-17-34(4)28(40)42-20-21-10-12-22(13-11-21)32-33-23-14-15-25(36)24(19-23)27(39)31-16-8-6-7-9-26(37)38/h10-15,19,36H,6-9,16-18,20H2,1-5H3,(H,31,39)(H,37,38)/b33-32+. The molecule has 0 saturated carbocycles. The van der Waals surface area contributed by atoms with Gasteiger partial charge in [0.25, 0.3) is 5.91 Å². The molecule has 234 valence electrons. The molecule has 3 amide bonds. The number of hydrogen-bond acceptors (Lipinski definition) is 9. The molecule has 0 aromatic heterocycles. The van der Waals surface area contributed by atoms with Gasteiger partial charge in [-0.05, 0) is 69.5 Å². The first-order valence-electron chi connectivity index (χ1n) is 13.9. The number of rotatable bonds is 14. The second-order valence-corrected chi connectivity index (χ2v) is 10.9. The van der Waals surface area contributed by atoms with Crippen LogP contribution in [0, 0.1) is 0 Å². The topological polar surface area (TPSA) is 170 Å².